The van der Waals surface area contributed by atoms with E-state index in [0.717, 1.165) is 20.9 Å². The van der Waals surface area contributed by atoms with Crippen LogP contribution in [-0.4, -0.2) is 5.91 Å². The van der Waals surface area contributed by atoms with Gasteiger partial charge in [0.2, 0.25) is 0 Å². The van der Waals surface area contributed by atoms with Gasteiger partial charge in [0.1, 0.15) is 0 Å². The number of rotatable bonds is 4. The molecular formula is C15H13Br2NO. The van der Waals surface area contributed by atoms with E-state index in [1.54, 1.807) is 0 Å². The van der Waals surface area contributed by atoms with Crippen molar-refractivity contribution in [1.82, 2.24) is 5.32 Å². The number of hydrogen-bond donors (Lipinski definition) is 1. The Kier molecular flexibility index (Phi) is 5.16. The molecule has 0 radical (unpaired) electrons. The summed E-state index contributed by atoms with van der Waals surface area (Å²) in [6.45, 7) is 0.534. The van der Waals surface area contributed by atoms with Crippen molar-refractivity contribution in [3.05, 3.63) is 69.7 Å². The Morgan fingerprint density at radius 2 is 1.53 bits per heavy atom. The molecule has 0 unspecified atom stereocenters. The molecule has 98 valence electrons. The van der Waals surface area contributed by atoms with Crippen molar-refractivity contribution < 1.29 is 4.79 Å². The second kappa shape index (κ2) is 6.87. The van der Waals surface area contributed by atoms with Gasteiger partial charge in [-0.05, 0) is 35.4 Å². The lowest BCUT2D eigenvalue weighted by molar-refractivity contribution is 0.0951. The third-order valence-electron chi connectivity index (χ3n) is 2.74. The first-order valence-corrected chi connectivity index (χ1v) is 7.78. The third-order valence-corrected chi connectivity index (χ3v) is 3.91. The second-order valence-corrected chi connectivity index (χ2v) is 5.62. The van der Waals surface area contributed by atoms with Crippen LogP contribution in [0.25, 0.3) is 0 Å². The van der Waals surface area contributed by atoms with Crippen LogP contribution in [0.2, 0.25) is 0 Å². The molecule has 1 amide bonds. The molecule has 0 aliphatic heterocycles. The average Bonchev–Trinajstić information content (AvgIpc) is 2.46. The van der Waals surface area contributed by atoms with E-state index in [1.165, 1.54) is 0 Å². The van der Waals surface area contributed by atoms with Crippen LogP contribution in [0.4, 0.5) is 0 Å². The summed E-state index contributed by atoms with van der Waals surface area (Å²) in [6.07, 6.45) is 0. The molecule has 4 heteroatoms. The normalized spacial score (nSPS) is 10.2. The zero-order chi connectivity index (χ0) is 13.7. The topological polar surface area (TPSA) is 29.1 Å². The zero-order valence-electron chi connectivity index (χ0n) is 10.2. The van der Waals surface area contributed by atoms with Crippen molar-refractivity contribution >= 4 is 37.8 Å². The molecular weight excluding hydrogens is 370 g/mol. The van der Waals surface area contributed by atoms with Crippen LogP contribution in [0, 0.1) is 0 Å². The maximum atomic E-state index is 12.0. The molecule has 0 saturated carbocycles. The largest absolute Gasteiger partial charge is 0.348 e. The first-order valence-electron chi connectivity index (χ1n) is 5.86. The zero-order valence-corrected chi connectivity index (χ0v) is 13.4. The molecule has 0 aliphatic carbocycles. The number of halogens is 2. The highest BCUT2D eigenvalue weighted by atomic mass is 79.9. The first-order chi connectivity index (χ1) is 9.19. The summed E-state index contributed by atoms with van der Waals surface area (Å²) in [6, 6.07) is 15.5. The maximum Gasteiger partial charge on any atom is 0.251 e. The van der Waals surface area contributed by atoms with Crippen LogP contribution >= 0.6 is 31.9 Å². The number of hydrogen-bond acceptors (Lipinski definition) is 1. The minimum atomic E-state index is -0.0518. The molecule has 2 aromatic rings. The minimum absolute atomic E-state index is 0.0518. The Bertz CT molecular complexity index is 549. The Hall–Kier alpha value is -1.13. The second-order valence-electron chi connectivity index (χ2n) is 4.14. The lowest BCUT2D eigenvalue weighted by Crippen LogP contribution is -2.22. The highest BCUT2D eigenvalue weighted by molar-refractivity contribution is 9.10. The molecule has 19 heavy (non-hydrogen) atoms. The van der Waals surface area contributed by atoms with Crippen molar-refractivity contribution in [2.75, 3.05) is 0 Å². The van der Waals surface area contributed by atoms with Crippen LogP contribution in [0.15, 0.2) is 53.0 Å². The van der Waals surface area contributed by atoms with E-state index < -0.39 is 0 Å². The van der Waals surface area contributed by atoms with Gasteiger partial charge in [-0.25, -0.2) is 0 Å². The average molecular weight is 383 g/mol. The molecule has 0 heterocycles. The third kappa shape index (κ3) is 4.18. The van der Waals surface area contributed by atoms with E-state index in [2.05, 4.69) is 37.2 Å². The van der Waals surface area contributed by atoms with Crippen molar-refractivity contribution in [1.29, 1.82) is 0 Å². The molecule has 2 nitrogen and oxygen atoms in total. The molecule has 0 fully saturated rings. The minimum Gasteiger partial charge on any atom is -0.348 e. The molecule has 0 aliphatic rings. The summed E-state index contributed by atoms with van der Waals surface area (Å²) in [5.41, 5.74) is 2.92. The standard InChI is InChI=1S/C15H13Br2NO/c16-9-11-1-5-13(6-2-11)15(19)18-10-12-3-7-14(17)8-4-12/h1-8H,9-10H2,(H,18,19). The van der Waals surface area contributed by atoms with E-state index in [0.29, 0.717) is 12.1 Å². The van der Waals surface area contributed by atoms with E-state index in [9.17, 15) is 4.79 Å². The van der Waals surface area contributed by atoms with Gasteiger partial charge in [-0.1, -0.05) is 56.1 Å². The van der Waals surface area contributed by atoms with E-state index in [1.807, 2.05) is 48.5 Å². The smallest absolute Gasteiger partial charge is 0.251 e. The lowest BCUT2D eigenvalue weighted by atomic mass is 10.1. The van der Waals surface area contributed by atoms with Gasteiger partial charge in [0, 0.05) is 21.9 Å². The fourth-order valence-electron chi connectivity index (χ4n) is 1.63. The van der Waals surface area contributed by atoms with Crippen molar-refractivity contribution in [3.8, 4) is 0 Å². The van der Waals surface area contributed by atoms with Gasteiger partial charge in [0.05, 0.1) is 0 Å². The molecule has 0 aromatic heterocycles. The summed E-state index contributed by atoms with van der Waals surface area (Å²) in [5.74, 6) is -0.0518. The van der Waals surface area contributed by atoms with Crippen LogP contribution < -0.4 is 5.32 Å². The molecule has 1 N–H and O–H groups in total. The number of nitrogens with one attached hydrogen (secondary N) is 1. The fourth-order valence-corrected chi connectivity index (χ4v) is 2.27. The molecule has 0 spiro atoms. The predicted molar refractivity (Wildman–Crippen MR) is 84.4 cm³/mol. The Labute approximate surface area is 129 Å². The van der Waals surface area contributed by atoms with Gasteiger partial charge in [-0.15, -0.1) is 0 Å². The number of carbonyl (C=O) groups is 1. The molecule has 2 rings (SSSR count). The Balaban J connectivity index is 1.95. The number of amides is 1. The van der Waals surface area contributed by atoms with Gasteiger partial charge < -0.3 is 5.32 Å². The van der Waals surface area contributed by atoms with E-state index in [4.69, 9.17) is 0 Å². The predicted octanol–water partition coefficient (Wildman–Crippen LogP) is 4.27. The summed E-state index contributed by atoms with van der Waals surface area (Å²) < 4.78 is 1.04. The number of benzene rings is 2. The van der Waals surface area contributed by atoms with E-state index in [-0.39, 0.29) is 5.91 Å². The first kappa shape index (κ1) is 14.3. The van der Waals surface area contributed by atoms with Crippen molar-refractivity contribution in [2.45, 2.75) is 11.9 Å². The monoisotopic (exact) mass is 381 g/mol. The highest BCUT2D eigenvalue weighted by Crippen LogP contribution is 2.11. The lowest BCUT2D eigenvalue weighted by Gasteiger charge is -2.06. The van der Waals surface area contributed by atoms with Crippen LogP contribution in [0.1, 0.15) is 21.5 Å². The summed E-state index contributed by atoms with van der Waals surface area (Å²) in [7, 11) is 0. The quantitative estimate of drug-likeness (QED) is 0.786. The molecule has 0 bridgehead atoms. The SMILES string of the molecule is O=C(NCc1ccc(Br)cc1)c1ccc(CBr)cc1. The Morgan fingerprint density at radius 1 is 0.947 bits per heavy atom. The van der Waals surface area contributed by atoms with Gasteiger partial charge in [0.15, 0.2) is 0 Å². The van der Waals surface area contributed by atoms with Gasteiger partial charge in [0.25, 0.3) is 5.91 Å². The van der Waals surface area contributed by atoms with Gasteiger partial charge in [-0.2, -0.15) is 0 Å². The molecule has 0 saturated heterocycles. The highest BCUT2D eigenvalue weighted by Gasteiger charge is 2.04. The van der Waals surface area contributed by atoms with Gasteiger partial charge in [-0.3, -0.25) is 4.79 Å². The van der Waals surface area contributed by atoms with Crippen LogP contribution in [-0.2, 0) is 11.9 Å². The summed E-state index contributed by atoms with van der Waals surface area (Å²) in [4.78, 5) is 12.0. The molecule has 0 atom stereocenters. The number of carbonyl (C=O) groups excluding carboxylic acids is 1. The van der Waals surface area contributed by atoms with Gasteiger partial charge >= 0.3 is 0 Å². The Morgan fingerprint density at radius 3 is 2.11 bits per heavy atom. The summed E-state index contributed by atoms with van der Waals surface area (Å²) in [5, 5.41) is 3.71. The van der Waals surface area contributed by atoms with E-state index >= 15 is 0 Å². The van der Waals surface area contributed by atoms with Crippen molar-refractivity contribution in [3.63, 3.8) is 0 Å². The maximum absolute atomic E-state index is 12.0. The summed E-state index contributed by atoms with van der Waals surface area (Å²) >= 11 is 6.77. The fraction of sp³-hybridized carbons (Fsp3) is 0.133. The van der Waals surface area contributed by atoms with Crippen LogP contribution in [0.5, 0.6) is 0 Å². The number of alkyl halides is 1. The molecule has 2 aromatic carbocycles. The van der Waals surface area contributed by atoms with Crippen LogP contribution in [0.3, 0.4) is 0 Å². The van der Waals surface area contributed by atoms with Crippen molar-refractivity contribution in [2.24, 2.45) is 0 Å².